The number of aryl methyl sites for hydroxylation is 2. The molecule has 0 bridgehead atoms. The third kappa shape index (κ3) is 3.88. The molecule has 8 heteroatoms. The number of halogens is 2. The predicted molar refractivity (Wildman–Crippen MR) is 96.2 cm³/mol. The molecule has 0 aliphatic heterocycles. The van der Waals surface area contributed by atoms with Crippen LogP contribution in [0.4, 0.5) is 4.39 Å². The van der Waals surface area contributed by atoms with Crippen molar-refractivity contribution in [1.82, 2.24) is 20.1 Å². The highest BCUT2D eigenvalue weighted by Gasteiger charge is 2.15. The second-order valence-corrected chi connectivity index (χ2v) is 6.81. The molecule has 3 aromatic rings. The Morgan fingerprint density at radius 1 is 1.40 bits per heavy atom. The Morgan fingerprint density at radius 2 is 2.20 bits per heavy atom. The Hall–Kier alpha value is -2.25. The highest BCUT2D eigenvalue weighted by atomic mass is 35.5. The van der Waals surface area contributed by atoms with E-state index in [1.165, 1.54) is 29.5 Å². The summed E-state index contributed by atoms with van der Waals surface area (Å²) < 4.78 is 15.5. The van der Waals surface area contributed by atoms with Gasteiger partial charge in [-0.2, -0.15) is 5.10 Å². The first-order valence-electron chi connectivity index (χ1n) is 7.66. The van der Waals surface area contributed by atoms with Gasteiger partial charge in [0, 0.05) is 24.0 Å². The molecule has 1 aromatic carbocycles. The topological polar surface area (TPSA) is 59.8 Å². The summed E-state index contributed by atoms with van der Waals surface area (Å²) in [6, 6.07) is 6.15. The van der Waals surface area contributed by atoms with Crippen LogP contribution >= 0.6 is 22.9 Å². The number of amides is 1. The smallest absolute Gasteiger partial charge is 0.255 e. The first-order valence-corrected chi connectivity index (χ1v) is 8.91. The van der Waals surface area contributed by atoms with Gasteiger partial charge in [0.2, 0.25) is 5.13 Å². The van der Waals surface area contributed by atoms with E-state index >= 15 is 0 Å². The number of carbonyl (C=O) groups is 1. The van der Waals surface area contributed by atoms with Gasteiger partial charge >= 0.3 is 0 Å². The van der Waals surface area contributed by atoms with Gasteiger partial charge in [-0.1, -0.05) is 17.7 Å². The molecule has 0 aliphatic rings. The second kappa shape index (κ2) is 7.33. The molecule has 0 spiro atoms. The number of nitrogens with zero attached hydrogens (tertiary/aromatic N) is 3. The summed E-state index contributed by atoms with van der Waals surface area (Å²) in [5.74, 6) is -1.16. The molecule has 0 unspecified atom stereocenters. The van der Waals surface area contributed by atoms with Crippen LogP contribution in [-0.4, -0.2) is 27.2 Å². The number of nitrogens with one attached hydrogen (secondary N) is 1. The van der Waals surface area contributed by atoms with Gasteiger partial charge < -0.3 is 5.32 Å². The minimum atomic E-state index is -0.634. The fourth-order valence-corrected chi connectivity index (χ4v) is 3.55. The van der Waals surface area contributed by atoms with E-state index in [9.17, 15) is 9.18 Å². The number of carbonyl (C=O) groups excluding carboxylic acids is 1. The Morgan fingerprint density at radius 3 is 2.88 bits per heavy atom. The molecule has 2 heterocycles. The molecule has 1 amide bonds. The van der Waals surface area contributed by atoms with Gasteiger partial charge in [0.25, 0.3) is 5.91 Å². The molecule has 130 valence electrons. The normalized spacial score (nSPS) is 10.9. The van der Waals surface area contributed by atoms with Crippen molar-refractivity contribution in [3.63, 3.8) is 0 Å². The number of thiazole rings is 1. The van der Waals surface area contributed by atoms with Crippen molar-refractivity contribution in [1.29, 1.82) is 0 Å². The quantitative estimate of drug-likeness (QED) is 0.736. The van der Waals surface area contributed by atoms with Gasteiger partial charge in [-0.05, 0) is 32.0 Å². The number of hydrogen-bond acceptors (Lipinski definition) is 4. The highest BCUT2D eigenvalue weighted by Crippen LogP contribution is 2.19. The third-order valence-corrected chi connectivity index (χ3v) is 4.77. The van der Waals surface area contributed by atoms with Crippen molar-refractivity contribution in [2.24, 2.45) is 0 Å². The van der Waals surface area contributed by atoms with Crippen LogP contribution in [-0.2, 0) is 6.42 Å². The molecule has 1 N–H and O–H groups in total. The molecule has 5 nitrogen and oxygen atoms in total. The Bertz CT molecular complexity index is 901. The fraction of sp³-hybridized carbons (Fsp3) is 0.235. The largest absolute Gasteiger partial charge is 0.352 e. The first-order chi connectivity index (χ1) is 12.0. The van der Waals surface area contributed by atoms with Gasteiger partial charge in [0.1, 0.15) is 5.82 Å². The van der Waals surface area contributed by atoms with E-state index in [1.54, 1.807) is 4.68 Å². The molecule has 0 aliphatic carbocycles. The van der Waals surface area contributed by atoms with Gasteiger partial charge in [0.05, 0.1) is 22.0 Å². The van der Waals surface area contributed by atoms with Crippen LogP contribution in [0.5, 0.6) is 0 Å². The summed E-state index contributed by atoms with van der Waals surface area (Å²) in [6.07, 6.45) is 0.535. The summed E-state index contributed by atoms with van der Waals surface area (Å²) in [6.45, 7) is 4.24. The molecule has 3 rings (SSSR count). The molecule has 25 heavy (non-hydrogen) atoms. The predicted octanol–water partition coefficient (Wildman–Crippen LogP) is 3.71. The van der Waals surface area contributed by atoms with Crippen LogP contribution < -0.4 is 5.32 Å². The lowest BCUT2D eigenvalue weighted by molar-refractivity contribution is 0.0950. The molecule has 0 saturated carbocycles. The van der Waals surface area contributed by atoms with E-state index in [0.29, 0.717) is 13.0 Å². The van der Waals surface area contributed by atoms with Crippen molar-refractivity contribution < 1.29 is 9.18 Å². The van der Waals surface area contributed by atoms with Crippen LogP contribution in [0.15, 0.2) is 29.6 Å². The summed E-state index contributed by atoms with van der Waals surface area (Å²) in [5, 5.41) is 9.87. The van der Waals surface area contributed by atoms with Crippen LogP contribution in [0, 0.1) is 19.7 Å². The van der Waals surface area contributed by atoms with Gasteiger partial charge in [-0.25, -0.2) is 14.1 Å². The Balaban J connectivity index is 1.61. The Kier molecular flexibility index (Phi) is 5.15. The zero-order chi connectivity index (χ0) is 18.0. The molecule has 0 radical (unpaired) electrons. The fourth-order valence-electron chi connectivity index (χ4n) is 2.44. The zero-order valence-electron chi connectivity index (χ0n) is 13.7. The first kappa shape index (κ1) is 17.6. The SMILES string of the molecule is Cc1cc(C)n(-c2nc(CCNC(=O)c3c(F)cccc3Cl)cs2)n1. The van der Waals surface area contributed by atoms with Crippen molar-refractivity contribution in [2.45, 2.75) is 20.3 Å². The molecular formula is C17H16ClFN4OS. The van der Waals surface area contributed by atoms with E-state index in [0.717, 1.165) is 22.2 Å². The minimum absolute atomic E-state index is 0.0953. The zero-order valence-corrected chi connectivity index (χ0v) is 15.3. The maximum absolute atomic E-state index is 13.7. The van der Waals surface area contributed by atoms with Crippen LogP contribution in [0.25, 0.3) is 5.13 Å². The average molecular weight is 379 g/mol. The summed E-state index contributed by atoms with van der Waals surface area (Å²) in [5.41, 5.74) is 2.66. The number of hydrogen-bond donors (Lipinski definition) is 1. The van der Waals surface area contributed by atoms with Crippen LogP contribution in [0.2, 0.25) is 5.02 Å². The third-order valence-electron chi connectivity index (χ3n) is 3.59. The lowest BCUT2D eigenvalue weighted by Crippen LogP contribution is -2.27. The monoisotopic (exact) mass is 378 g/mol. The molecule has 0 saturated heterocycles. The van der Waals surface area contributed by atoms with E-state index in [1.807, 2.05) is 25.3 Å². The van der Waals surface area contributed by atoms with E-state index < -0.39 is 11.7 Å². The molecule has 0 fully saturated rings. The molecule has 0 atom stereocenters. The molecule has 2 aromatic heterocycles. The summed E-state index contributed by atoms with van der Waals surface area (Å²) >= 11 is 7.37. The van der Waals surface area contributed by atoms with Crippen molar-refractivity contribution in [2.75, 3.05) is 6.54 Å². The molecular weight excluding hydrogens is 363 g/mol. The number of aromatic nitrogens is 3. The maximum atomic E-state index is 13.7. The Labute approximate surface area is 153 Å². The minimum Gasteiger partial charge on any atom is -0.352 e. The van der Waals surface area contributed by atoms with Crippen molar-refractivity contribution in [3.05, 3.63) is 63.1 Å². The maximum Gasteiger partial charge on any atom is 0.255 e. The summed E-state index contributed by atoms with van der Waals surface area (Å²) in [7, 11) is 0. The lowest BCUT2D eigenvalue weighted by atomic mass is 10.2. The van der Waals surface area contributed by atoms with Crippen LogP contribution in [0.1, 0.15) is 27.4 Å². The van der Waals surface area contributed by atoms with E-state index in [2.05, 4.69) is 15.4 Å². The summed E-state index contributed by atoms with van der Waals surface area (Å²) in [4.78, 5) is 16.6. The highest BCUT2D eigenvalue weighted by molar-refractivity contribution is 7.12. The second-order valence-electron chi connectivity index (χ2n) is 5.56. The number of rotatable bonds is 5. The van der Waals surface area contributed by atoms with Gasteiger partial charge in [0.15, 0.2) is 0 Å². The lowest BCUT2D eigenvalue weighted by Gasteiger charge is -2.06. The van der Waals surface area contributed by atoms with Crippen molar-refractivity contribution >= 4 is 28.8 Å². The number of benzene rings is 1. The van der Waals surface area contributed by atoms with Crippen molar-refractivity contribution in [3.8, 4) is 5.13 Å². The van der Waals surface area contributed by atoms with Gasteiger partial charge in [-0.3, -0.25) is 4.79 Å². The average Bonchev–Trinajstić information content (AvgIpc) is 3.13. The van der Waals surface area contributed by atoms with E-state index in [-0.39, 0.29) is 10.6 Å². The van der Waals surface area contributed by atoms with Gasteiger partial charge in [-0.15, -0.1) is 11.3 Å². The van der Waals surface area contributed by atoms with Crippen LogP contribution in [0.3, 0.4) is 0 Å². The standard InChI is InChI=1S/C17H16ClFN4OS/c1-10-8-11(2)23(22-10)17-21-12(9-25-17)6-7-20-16(24)15-13(18)4-3-5-14(15)19/h3-5,8-9H,6-7H2,1-2H3,(H,20,24). The van der Waals surface area contributed by atoms with E-state index in [4.69, 9.17) is 11.6 Å².